The van der Waals surface area contributed by atoms with E-state index in [1.54, 1.807) is 43.3 Å². The van der Waals surface area contributed by atoms with Gasteiger partial charge >= 0.3 is 0 Å². The Morgan fingerprint density at radius 1 is 0.857 bits per heavy atom. The van der Waals surface area contributed by atoms with Gasteiger partial charge in [0.2, 0.25) is 11.8 Å². The summed E-state index contributed by atoms with van der Waals surface area (Å²) < 4.78 is 28.7. The molecule has 1 atom stereocenters. The third-order valence-corrected chi connectivity index (χ3v) is 10.5. The number of hydrogen-bond donors (Lipinski definition) is 1. The molecule has 3 aromatic rings. The maximum atomic E-state index is 14.1. The summed E-state index contributed by atoms with van der Waals surface area (Å²) in [4.78, 5) is 28.8. The second kappa shape index (κ2) is 14.3. The SMILES string of the molecule is C[C@@H](C(=O)NC1CCCCC1)N(Cc1c(Cl)cccc1Cl)C(=O)CN(c1ccc(Cl)c(Cl)c1)S(=O)(=O)c1ccccc1. The van der Waals surface area contributed by atoms with Gasteiger partial charge in [0.15, 0.2) is 0 Å². The minimum Gasteiger partial charge on any atom is -0.352 e. The number of anilines is 1. The van der Waals surface area contributed by atoms with Gasteiger partial charge < -0.3 is 10.2 Å². The van der Waals surface area contributed by atoms with E-state index in [2.05, 4.69) is 5.32 Å². The largest absolute Gasteiger partial charge is 0.352 e. The molecule has 12 heteroatoms. The van der Waals surface area contributed by atoms with E-state index < -0.39 is 28.5 Å². The first-order valence-corrected chi connectivity index (χ1v) is 16.5. The van der Waals surface area contributed by atoms with Gasteiger partial charge in [-0.25, -0.2) is 8.42 Å². The number of carbonyl (C=O) groups is 2. The monoisotopic (exact) mass is 669 g/mol. The molecule has 1 aliphatic carbocycles. The zero-order chi connectivity index (χ0) is 30.4. The van der Waals surface area contributed by atoms with Crippen molar-refractivity contribution in [3.05, 3.63) is 92.4 Å². The molecule has 0 aliphatic heterocycles. The molecule has 1 N–H and O–H groups in total. The number of nitrogens with zero attached hydrogens (tertiary/aromatic N) is 2. The molecule has 0 saturated heterocycles. The highest BCUT2D eigenvalue weighted by molar-refractivity contribution is 7.92. The van der Waals surface area contributed by atoms with Gasteiger partial charge in [-0.05, 0) is 62.2 Å². The quantitative estimate of drug-likeness (QED) is 0.244. The molecule has 0 spiro atoms. The summed E-state index contributed by atoms with van der Waals surface area (Å²) in [6.45, 7) is 0.867. The minimum absolute atomic E-state index is 0.0146. The van der Waals surface area contributed by atoms with Crippen LogP contribution < -0.4 is 9.62 Å². The van der Waals surface area contributed by atoms with E-state index in [-0.39, 0.29) is 39.1 Å². The highest BCUT2D eigenvalue weighted by Gasteiger charge is 2.34. The molecular weight excluding hydrogens is 640 g/mol. The summed E-state index contributed by atoms with van der Waals surface area (Å²) in [5, 5.41) is 4.05. The van der Waals surface area contributed by atoms with E-state index in [1.807, 2.05) is 0 Å². The van der Waals surface area contributed by atoms with Crippen LogP contribution in [0, 0.1) is 0 Å². The molecule has 42 heavy (non-hydrogen) atoms. The number of sulfonamides is 1. The molecule has 0 aromatic heterocycles. The Balaban J connectivity index is 1.72. The van der Waals surface area contributed by atoms with Gasteiger partial charge in [0, 0.05) is 28.2 Å². The van der Waals surface area contributed by atoms with Crippen molar-refractivity contribution in [2.24, 2.45) is 0 Å². The Hall–Kier alpha value is -2.49. The number of nitrogens with one attached hydrogen (secondary N) is 1. The molecule has 0 unspecified atom stereocenters. The number of rotatable bonds is 10. The molecule has 0 bridgehead atoms. The van der Waals surface area contributed by atoms with Crippen molar-refractivity contribution in [2.75, 3.05) is 10.8 Å². The molecule has 1 fully saturated rings. The maximum absolute atomic E-state index is 14.1. The lowest BCUT2D eigenvalue weighted by Gasteiger charge is -2.33. The standard InChI is InChI=1S/C30H31Cl4N3O4S/c1-20(30(39)35-21-9-4-2-5-10-21)36(18-24-25(31)13-8-14-26(24)32)29(38)19-37(22-15-16-27(33)28(34)17-22)42(40,41)23-11-6-3-7-12-23/h3,6-8,11-17,20-21H,2,4-5,9-10,18-19H2,1H3,(H,35,39)/t20-/m0/s1. The number of benzene rings is 3. The van der Waals surface area contributed by atoms with Crippen LogP contribution in [0.5, 0.6) is 0 Å². The van der Waals surface area contributed by atoms with Gasteiger partial charge in [-0.15, -0.1) is 0 Å². The van der Waals surface area contributed by atoms with Crippen molar-refractivity contribution in [3.8, 4) is 0 Å². The maximum Gasteiger partial charge on any atom is 0.264 e. The fourth-order valence-corrected chi connectivity index (χ4v) is 7.13. The Kier molecular flexibility index (Phi) is 11.1. The van der Waals surface area contributed by atoms with Gasteiger partial charge in [-0.3, -0.25) is 13.9 Å². The molecule has 1 aliphatic rings. The number of carbonyl (C=O) groups excluding carboxylic acids is 2. The van der Waals surface area contributed by atoms with Gasteiger partial charge in [0.1, 0.15) is 12.6 Å². The lowest BCUT2D eigenvalue weighted by atomic mass is 9.95. The minimum atomic E-state index is -4.24. The van der Waals surface area contributed by atoms with E-state index in [0.717, 1.165) is 36.4 Å². The first-order valence-electron chi connectivity index (χ1n) is 13.5. The molecule has 0 radical (unpaired) electrons. The average Bonchev–Trinajstić information content (AvgIpc) is 2.97. The Labute approximate surface area is 266 Å². The molecule has 4 rings (SSSR count). The van der Waals surface area contributed by atoms with Crippen molar-refractivity contribution in [1.82, 2.24) is 10.2 Å². The van der Waals surface area contributed by atoms with Crippen LogP contribution >= 0.6 is 46.4 Å². The van der Waals surface area contributed by atoms with Crippen LogP contribution in [0.2, 0.25) is 20.1 Å². The molecule has 3 aromatic carbocycles. The normalized spacial score (nSPS) is 14.7. The summed E-state index contributed by atoms with van der Waals surface area (Å²) in [5.74, 6) is -0.978. The summed E-state index contributed by atoms with van der Waals surface area (Å²) in [7, 11) is -4.24. The van der Waals surface area contributed by atoms with E-state index in [9.17, 15) is 18.0 Å². The first kappa shape index (κ1) is 32.4. The molecule has 7 nitrogen and oxygen atoms in total. The molecular formula is C30H31Cl4N3O4S. The highest BCUT2D eigenvalue weighted by atomic mass is 35.5. The third kappa shape index (κ3) is 7.71. The van der Waals surface area contributed by atoms with Gasteiger partial charge in [0.05, 0.1) is 20.6 Å². The smallest absolute Gasteiger partial charge is 0.264 e. The van der Waals surface area contributed by atoms with Crippen LogP contribution in [-0.2, 0) is 26.2 Å². The van der Waals surface area contributed by atoms with Crippen molar-refractivity contribution in [1.29, 1.82) is 0 Å². The van der Waals surface area contributed by atoms with E-state index in [4.69, 9.17) is 46.4 Å². The van der Waals surface area contributed by atoms with Crippen LogP contribution in [0.1, 0.15) is 44.6 Å². The number of hydrogen-bond acceptors (Lipinski definition) is 4. The van der Waals surface area contributed by atoms with E-state index in [1.165, 1.54) is 35.2 Å². The van der Waals surface area contributed by atoms with Crippen LogP contribution in [0.3, 0.4) is 0 Å². The summed E-state index contributed by atoms with van der Waals surface area (Å²) in [6, 6.07) is 16.1. The third-order valence-electron chi connectivity index (χ3n) is 7.31. The Morgan fingerprint density at radius 2 is 1.50 bits per heavy atom. The second-order valence-electron chi connectivity index (χ2n) is 10.2. The molecule has 1 saturated carbocycles. The molecule has 2 amide bonds. The van der Waals surface area contributed by atoms with Gasteiger partial charge in [0.25, 0.3) is 10.0 Å². The number of halogens is 4. The summed E-state index contributed by atoms with van der Waals surface area (Å²) >= 11 is 25.2. The second-order valence-corrected chi connectivity index (χ2v) is 13.7. The summed E-state index contributed by atoms with van der Waals surface area (Å²) in [6.07, 6.45) is 4.89. The lowest BCUT2D eigenvalue weighted by molar-refractivity contribution is -0.139. The van der Waals surface area contributed by atoms with Crippen molar-refractivity contribution < 1.29 is 18.0 Å². The zero-order valence-corrected chi connectivity index (χ0v) is 26.7. The molecule has 0 heterocycles. The predicted octanol–water partition coefficient (Wildman–Crippen LogP) is 7.36. The summed E-state index contributed by atoms with van der Waals surface area (Å²) in [5.41, 5.74) is 0.579. The average molecular weight is 671 g/mol. The first-order chi connectivity index (χ1) is 20.0. The van der Waals surface area contributed by atoms with Crippen molar-refractivity contribution >= 4 is 73.9 Å². The van der Waals surface area contributed by atoms with Crippen LogP contribution in [-0.4, -0.2) is 43.8 Å². The lowest BCUT2D eigenvalue weighted by Crippen LogP contribution is -2.53. The van der Waals surface area contributed by atoms with Crippen molar-refractivity contribution in [3.63, 3.8) is 0 Å². The predicted molar refractivity (Wildman–Crippen MR) is 169 cm³/mol. The van der Waals surface area contributed by atoms with Crippen LogP contribution in [0.25, 0.3) is 0 Å². The van der Waals surface area contributed by atoms with Gasteiger partial charge in [-0.2, -0.15) is 0 Å². The van der Waals surface area contributed by atoms with Crippen LogP contribution in [0.15, 0.2) is 71.6 Å². The van der Waals surface area contributed by atoms with Crippen LogP contribution in [0.4, 0.5) is 5.69 Å². The highest BCUT2D eigenvalue weighted by Crippen LogP contribution is 2.32. The number of amides is 2. The Morgan fingerprint density at radius 3 is 2.12 bits per heavy atom. The van der Waals surface area contributed by atoms with Gasteiger partial charge in [-0.1, -0.05) is 89.9 Å². The fraction of sp³-hybridized carbons (Fsp3) is 0.333. The van der Waals surface area contributed by atoms with E-state index in [0.29, 0.717) is 15.6 Å². The Bertz CT molecular complexity index is 1510. The van der Waals surface area contributed by atoms with E-state index >= 15 is 0 Å². The van der Waals surface area contributed by atoms with Crippen molar-refractivity contribution in [2.45, 2.75) is 62.6 Å². The molecule has 224 valence electrons. The topological polar surface area (TPSA) is 86.8 Å². The fourth-order valence-electron chi connectivity index (χ4n) is 4.89. The zero-order valence-electron chi connectivity index (χ0n) is 22.9.